The minimum atomic E-state index is -0.550. The Kier molecular flexibility index (Phi) is 6.13. The third kappa shape index (κ3) is 4.10. The average molecular weight is 422 g/mol. The molecule has 0 spiro atoms. The standard InChI is InChI=1S/C24H26N2O5/c1-31-17-12-10-16(11-13-17)26-23(15-6-3-2-4-7-15)25-14-18(24(26)30)22(29)21-19(27)8-5-9-20(21)28/h2-4,6-7,14,16-17,29H,5,8-13H2,1H3. The van der Waals surface area contributed by atoms with Crippen LogP contribution in [0.1, 0.15) is 56.6 Å². The van der Waals surface area contributed by atoms with E-state index in [9.17, 15) is 19.5 Å². The summed E-state index contributed by atoms with van der Waals surface area (Å²) in [6, 6.07) is 9.29. The number of benzene rings is 1. The second-order valence-corrected chi connectivity index (χ2v) is 8.13. The van der Waals surface area contributed by atoms with E-state index in [1.807, 2.05) is 30.3 Å². The van der Waals surface area contributed by atoms with Gasteiger partial charge in [0.05, 0.1) is 6.10 Å². The summed E-state index contributed by atoms with van der Waals surface area (Å²) in [4.78, 5) is 42.7. The highest BCUT2D eigenvalue weighted by molar-refractivity contribution is 6.25. The molecule has 7 nitrogen and oxygen atoms in total. The van der Waals surface area contributed by atoms with E-state index >= 15 is 0 Å². The topological polar surface area (TPSA) is 98.5 Å². The molecule has 0 saturated heterocycles. The Balaban J connectivity index is 1.85. The zero-order chi connectivity index (χ0) is 22.0. The van der Waals surface area contributed by atoms with E-state index in [4.69, 9.17) is 4.74 Å². The molecule has 31 heavy (non-hydrogen) atoms. The highest BCUT2D eigenvalue weighted by Gasteiger charge is 2.31. The highest BCUT2D eigenvalue weighted by atomic mass is 16.5. The van der Waals surface area contributed by atoms with Crippen LogP contribution in [0.4, 0.5) is 0 Å². The number of aliphatic hydroxyl groups is 1. The van der Waals surface area contributed by atoms with Gasteiger partial charge >= 0.3 is 0 Å². The normalized spacial score (nSPS) is 21.9. The summed E-state index contributed by atoms with van der Waals surface area (Å²) in [5, 5.41) is 10.8. The lowest BCUT2D eigenvalue weighted by Crippen LogP contribution is -2.34. The van der Waals surface area contributed by atoms with Crippen molar-refractivity contribution in [3.8, 4) is 11.4 Å². The predicted octanol–water partition coefficient (Wildman–Crippen LogP) is 3.63. The van der Waals surface area contributed by atoms with Gasteiger partial charge in [0.15, 0.2) is 11.6 Å². The van der Waals surface area contributed by atoms with E-state index in [2.05, 4.69) is 4.98 Å². The van der Waals surface area contributed by atoms with Gasteiger partial charge in [0.2, 0.25) is 0 Å². The number of carbonyl (C=O) groups is 2. The van der Waals surface area contributed by atoms with Gasteiger partial charge in [0, 0.05) is 37.8 Å². The van der Waals surface area contributed by atoms with E-state index in [0.717, 1.165) is 31.2 Å². The van der Waals surface area contributed by atoms with Crippen LogP contribution < -0.4 is 5.56 Å². The molecule has 0 unspecified atom stereocenters. The van der Waals surface area contributed by atoms with E-state index in [0.29, 0.717) is 12.2 Å². The van der Waals surface area contributed by atoms with Gasteiger partial charge in [-0.1, -0.05) is 30.3 Å². The Bertz CT molecular complexity index is 1060. The van der Waals surface area contributed by atoms with Gasteiger partial charge in [-0.2, -0.15) is 0 Å². The number of aromatic nitrogens is 2. The van der Waals surface area contributed by atoms with Crippen molar-refractivity contribution < 1.29 is 19.4 Å². The van der Waals surface area contributed by atoms with Crippen LogP contribution in [0.25, 0.3) is 17.1 Å². The third-order valence-corrected chi connectivity index (χ3v) is 6.22. The lowest BCUT2D eigenvalue weighted by atomic mass is 9.90. The fourth-order valence-corrected chi connectivity index (χ4v) is 4.52. The molecule has 4 rings (SSSR count). The number of nitrogens with zero attached hydrogens (tertiary/aromatic N) is 2. The van der Waals surface area contributed by atoms with Gasteiger partial charge in [-0.3, -0.25) is 19.0 Å². The molecule has 2 aromatic rings. The first-order valence-electron chi connectivity index (χ1n) is 10.7. The molecule has 0 atom stereocenters. The number of aliphatic hydroxyl groups excluding tert-OH is 1. The Labute approximate surface area is 180 Å². The fraction of sp³-hybridized carbons (Fsp3) is 0.417. The summed E-state index contributed by atoms with van der Waals surface area (Å²) < 4.78 is 7.08. The Morgan fingerprint density at radius 1 is 1.03 bits per heavy atom. The van der Waals surface area contributed by atoms with Gasteiger partial charge in [0.25, 0.3) is 5.56 Å². The molecule has 1 aromatic heterocycles. The highest BCUT2D eigenvalue weighted by Crippen LogP contribution is 2.32. The van der Waals surface area contributed by atoms with Crippen LogP contribution in [-0.2, 0) is 14.3 Å². The number of hydrogen-bond donors (Lipinski definition) is 1. The van der Waals surface area contributed by atoms with Crippen LogP contribution in [-0.4, -0.2) is 39.4 Å². The summed E-state index contributed by atoms with van der Waals surface area (Å²) in [5.41, 5.74) is -0.0257. The minimum Gasteiger partial charge on any atom is -0.506 e. The number of methoxy groups -OCH3 is 1. The molecule has 1 heterocycles. The predicted molar refractivity (Wildman–Crippen MR) is 116 cm³/mol. The molecular formula is C24H26N2O5. The Morgan fingerprint density at radius 3 is 2.29 bits per heavy atom. The largest absolute Gasteiger partial charge is 0.506 e. The first-order valence-corrected chi connectivity index (χ1v) is 10.7. The minimum absolute atomic E-state index is 0.104. The van der Waals surface area contributed by atoms with Crippen LogP contribution in [0.15, 0.2) is 46.9 Å². The zero-order valence-corrected chi connectivity index (χ0v) is 17.5. The molecule has 2 fully saturated rings. The second-order valence-electron chi connectivity index (χ2n) is 8.13. The van der Waals surface area contributed by atoms with Crippen molar-refractivity contribution in [1.29, 1.82) is 0 Å². The van der Waals surface area contributed by atoms with Crippen molar-refractivity contribution in [3.05, 3.63) is 58.0 Å². The summed E-state index contributed by atoms with van der Waals surface area (Å²) in [6.45, 7) is 0. The summed E-state index contributed by atoms with van der Waals surface area (Å²) in [5.74, 6) is -0.889. The quantitative estimate of drug-likeness (QED) is 0.459. The number of rotatable bonds is 4. The molecule has 7 heteroatoms. The molecule has 1 N–H and O–H groups in total. The second kappa shape index (κ2) is 8.98. The number of ketones is 2. The Hall–Kier alpha value is -3.06. The van der Waals surface area contributed by atoms with Crippen LogP contribution in [0.5, 0.6) is 0 Å². The molecule has 0 bridgehead atoms. The lowest BCUT2D eigenvalue weighted by Gasteiger charge is -2.30. The number of Topliss-reactive ketones (excluding diaryl/α,β-unsaturated/α-hetero) is 2. The van der Waals surface area contributed by atoms with Crippen molar-refractivity contribution >= 4 is 17.3 Å². The fourth-order valence-electron chi connectivity index (χ4n) is 4.52. The summed E-state index contributed by atoms with van der Waals surface area (Å²) >= 11 is 0. The molecule has 2 aliphatic rings. The van der Waals surface area contributed by atoms with Crippen LogP contribution in [0, 0.1) is 0 Å². The summed E-state index contributed by atoms with van der Waals surface area (Å²) in [6.07, 6.45) is 5.39. The molecule has 162 valence electrons. The van der Waals surface area contributed by atoms with Crippen molar-refractivity contribution in [2.75, 3.05) is 7.11 Å². The van der Waals surface area contributed by atoms with Crippen LogP contribution in [0.2, 0.25) is 0 Å². The molecule has 0 aliphatic heterocycles. The Morgan fingerprint density at radius 2 is 1.68 bits per heavy atom. The van der Waals surface area contributed by atoms with Crippen molar-refractivity contribution in [3.63, 3.8) is 0 Å². The first-order chi connectivity index (χ1) is 15.0. The number of ether oxygens (including phenoxy) is 1. The third-order valence-electron chi connectivity index (χ3n) is 6.22. The van der Waals surface area contributed by atoms with Crippen molar-refractivity contribution in [2.45, 2.75) is 57.1 Å². The van der Waals surface area contributed by atoms with Gasteiger partial charge in [-0.25, -0.2) is 4.98 Å². The number of hydrogen-bond acceptors (Lipinski definition) is 6. The average Bonchev–Trinajstić information content (AvgIpc) is 2.79. The van der Waals surface area contributed by atoms with Gasteiger partial charge in [-0.15, -0.1) is 0 Å². The molecule has 2 saturated carbocycles. The van der Waals surface area contributed by atoms with Gasteiger partial charge in [0.1, 0.15) is 22.7 Å². The lowest BCUT2D eigenvalue weighted by molar-refractivity contribution is -0.123. The maximum atomic E-state index is 13.6. The molecule has 2 aliphatic carbocycles. The van der Waals surface area contributed by atoms with Crippen LogP contribution in [0.3, 0.4) is 0 Å². The molecule has 0 radical (unpaired) electrons. The van der Waals surface area contributed by atoms with E-state index in [1.54, 1.807) is 11.7 Å². The maximum Gasteiger partial charge on any atom is 0.265 e. The zero-order valence-electron chi connectivity index (χ0n) is 17.5. The van der Waals surface area contributed by atoms with E-state index in [1.165, 1.54) is 6.20 Å². The van der Waals surface area contributed by atoms with Gasteiger partial charge in [-0.05, 0) is 32.1 Å². The van der Waals surface area contributed by atoms with Crippen molar-refractivity contribution in [2.24, 2.45) is 0 Å². The first kappa shape index (κ1) is 21.2. The van der Waals surface area contributed by atoms with E-state index in [-0.39, 0.29) is 36.1 Å². The molecule has 0 amide bonds. The molecule has 1 aromatic carbocycles. The summed E-state index contributed by atoms with van der Waals surface area (Å²) in [7, 11) is 1.69. The van der Waals surface area contributed by atoms with Crippen LogP contribution >= 0.6 is 0 Å². The SMILES string of the molecule is COC1CCC(n2c(-c3ccccc3)ncc(C(O)=C3C(=O)CCCC3=O)c2=O)CC1. The smallest absolute Gasteiger partial charge is 0.265 e. The maximum absolute atomic E-state index is 13.6. The van der Waals surface area contributed by atoms with E-state index < -0.39 is 22.9 Å². The van der Waals surface area contributed by atoms with Crippen molar-refractivity contribution in [1.82, 2.24) is 9.55 Å². The molecular weight excluding hydrogens is 396 g/mol. The number of carbonyl (C=O) groups excluding carboxylic acids is 2. The monoisotopic (exact) mass is 422 g/mol. The van der Waals surface area contributed by atoms with Gasteiger partial charge < -0.3 is 9.84 Å². The number of allylic oxidation sites excluding steroid dienone is 1.